The maximum atomic E-state index is 10.6. The zero-order valence-corrected chi connectivity index (χ0v) is 14.3. The largest absolute Gasteiger partial charge is 0.492 e. The second kappa shape index (κ2) is 6.36. The molecule has 0 unspecified atom stereocenters. The van der Waals surface area contributed by atoms with E-state index in [-0.39, 0.29) is 17.4 Å². The minimum Gasteiger partial charge on any atom is -0.492 e. The highest BCUT2D eigenvalue weighted by molar-refractivity contribution is 7.85. The third-order valence-electron chi connectivity index (χ3n) is 3.22. The first-order chi connectivity index (χ1) is 9.39. The first kappa shape index (κ1) is 18.0. The van der Waals surface area contributed by atoms with Crippen LogP contribution in [-0.2, 0) is 15.5 Å². The summed E-state index contributed by atoms with van der Waals surface area (Å²) in [5, 5.41) is 0. The Hall–Kier alpha value is -1.07. The van der Waals surface area contributed by atoms with Gasteiger partial charge in [0.25, 0.3) is 10.1 Å². The van der Waals surface area contributed by atoms with Gasteiger partial charge in [-0.15, -0.1) is 0 Å². The molecular formula is C16H26O4S. The molecule has 4 nitrogen and oxygen atoms in total. The van der Waals surface area contributed by atoms with Crippen LogP contribution in [0.2, 0.25) is 0 Å². The van der Waals surface area contributed by atoms with E-state index >= 15 is 0 Å². The number of hydrogen-bond acceptors (Lipinski definition) is 3. The lowest BCUT2D eigenvalue weighted by Gasteiger charge is -2.33. The van der Waals surface area contributed by atoms with Gasteiger partial charge >= 0.3 is 0 Å². The Morgan fingerprint density at radius 2 is 1.57 bits per heavy atom. The molecule has 0 saturated carbocycles. The monoisotopic (exact) mass is 314 g/mol. The fourth-order valence-electron chi connectivity index (χ4n) is 2.70. The summed E-state index contributed by atoms with van der Waals surface area (Å²) in [6.45, 7) is 11.0. The van der Waals surface area contributed by atoms with Crippen LogP contribution in [0.5, 0.6) is 5.75 Å². The Labute approximate surface area is 128 Å². The van der Waals surface area contributed by atoms with Gasteiger partial charge in [0, 0.05) is 0 Å². The quantitative estimate of drug-likeness (QED) is 0.814. The van der Waals surface area contributed by atoms with Crippen molar-refractivity contribution in [3.05, 3.63) is 29.8 Å². The van der Waals surface area contributed by atoms with Gasteiger partial charge in [-0.1, -0.05) is 46.8 Å². The van der Waals surface area contributed by atoms with Crippen LogP contribution in [0.1, 0.15) is 46.6 Å². The lowest BCUT2D eigenvalue weighted by molar-refractivity contribution is 0.283. The predicted octanol–water partition coefficient (Wildman–Crippen LogP) is 3.67. The molecule has 0 heterocycles. The lowest BCUT2D eigenvalue weighted by atomic mass is 9.72. The Bertz CT molecular complexity index is 551. The standard InChI is InChI=1S/C16H26O4S/c1-15(2,3)12-16(4,5)13-6-8-14(9-7-13)20-10-11-21(17,18)19/h6-9H,10-12H2,1-5H3,(H,17,18,19). The topological polar surface area (TPSA) is 63.6 Å². The van der Waals surface area contributed by atoms with Crippen molar-refractivity contribution < 1.29 is 17.7 Å². The van der Waals surface area contributed by atoms with Crippen molar-refractivity contribution in [2.75, 3.05) is 12.4 Å². The third-order valence-corrected chi connectivity index (χ3v) is 3.90. The molecule has 1 N–H and O–H groups in total. The first-order valence-corrected chi connectivity index (χ1v) is 8.69. The van der Waals surface area contributed by atoms with E-state index in [1.807, 2.05) is 24.3 Å². The minimum atomic E-state index is -3.97. The van der Waals surface area contributed by atoms with Crippen LogP contribution < -0.4 is 4.74 Å². The zero-order valence-electron chi connectivity index (χ0n) is 13.5. The Balaban J connectivity index is 2.69. The normalized spacial score (nSPS) is 13.2. The Morgan fingerprint density at radius 3 is 2.00 bits per heavy atom. The maximum absolute atomic E-state index is 10.6. The molecule has 0 fully saturated rings. The van der Waals surface area contributed by atoms with Crippen LogP contribution in [0.25, 0.3) is 0 Å². The van der Waals surface area contributed by atoms with Crippen molar-refractivity contribution >= 4 is 10.1 Å². The highest BCUT2D eigenvalue weighted by Crippen LogP contribution is 2.36. The number of ether oxygens (including phenoxy) is 1. The number of benzene rings is 1. The Morgan fingerprint density at radius 1 is 1.05 bits per heavy atom. The highest BCUT2D eigenvalue weighted by Gasteiger charge is 2.27. The van der Waals surface area contributed by atoms with Crippen molar-refractivity contribution in [1.29, 1.82) is 0 Å². The maximum Gasteiger partial charge on any atom is 0.268 e. The zero-order chi connectivity index (χ0) is 16.3. The van der Waals surface area contributed by atoms with E-state index in [9.17, 15) is 8.42 Å². The average Bonchev–Trinajstić information content (AvgIpc) is 2.24. The average molecular weight is 314 g/mol. The number of hydrogen-bond donors (Lipinski definition) is 1. The Kier molecular flexibility index (Phi) is 5.45. The van der Waals surface area contributed by atoms with Gasteiger partial charge in [0.2, 0.25) is 0 Å². The molecule has 0 aliphatic carbocycles. The van der Waals surface area contributed by atoms with Crippen LogP contribution in [0.15, 0.2) is 24.3 Å². The smallest absolute Gasteiger partial charge is 0.268 e. The SMILES string of the molecule is CC(C)(C)CC(C)(C)c1ccc(OCCS(=O)(=O)O)cc1. The van der Waals surface area contributed by atoms with Crippen molar-refractivity contribution in [2.45, 2.75) is 46.5 Å². The first-order valence-electron chi connectivity index (χ1n) is 7.08. The van der Waals surface area contributed by atoms with Crippen molar-refractivity contribution in [3.8, 4) is 5.75 Å². The van der Waals surface area contributed by atoms with Gasteiger partial charge in [0.05, 0.1) is 0 Å². The van der Waals surface area contributed by atoms with E-state index in [0.717, 1.165) is 6.42 Å². The van der Waals surface area contributed by atoms with E-state index in [4.69, 9.17) is 9.29 Å². The van der Waals surface area contributed by atoms with Gasteiger partial charge in [0.1, 0.15) is 18.1 Å². The number of rotatable bonds is 6. The van der Waals surface area contributed by atoms with Gasteiger partial charge in [-0.2, -0.15) is 8.42 Å². The van der Waals surface area contributed by atoms with Crippen LogP contribution in [0, 0.1) is 5.41 Å². The fourth-order valence-corrected chi connectivity index (χ4v) is 2.99. The molecule has 0 bridgehead atoms. The molecule has 1 rings (SSSR count). The molecule has 0 amide bonds. The van der Waals surface area contributed by atoms with Gasteiger partial charge in [-0.05, 0) is 34.9 Å². The molecule has 1 aromatic rings. The van der Waals surface area contributed by atoms with E-state index in [1.54, 1.807) is 0 Å². The summed E-state index contributed by atoms with van der Waals surface area (Å²) < 4.78 is 35.2. The fraction of sp³-hybridized carbons (Fsp3) is 0.625. The summed E-state index contributed by atoms with van der Waals surface area (Å²) in [7, 11) is -3.97. The van der Waals surface area contributed by atoms with E-state index < -0.39 is 15.9 Å². The van der Waals surface area contributed by atoms with Crippen LogP contribution in [0.3, 0.4) is 0 Å². The van der Waals surface area contributed by atoms with E-state index in [1.165, 1.54) is 5.56 Å². The molecular weight excluding hydrogens is 288 g/mol. The van der Waals surface area contributed by atoms with Crippen molar-refractivity contribution in [2.24, 2.45) is 5.41 Å². The molecule has 0 saturated heterocycles. The second-order valence-electron chi connectivity index (χ2n) is 7.28. The predicted molar refractivity (Wildman–Crippen MR) is 85.5 cm³/mol. The van der Waals surface area contributed by atoms with Gasteiger partial charge in [-0.25, -0.2) is 0 Å². The molecule has 0 radical (unpaired) electrons. The lowest BCUT2D eigenvalue weighted by Crippen LogP contribution is -2.24. The summed E-state index contributed by atoms with van der Waals surface area (Å²) in [6, 6.07) is 7.69. The van der Waals surface area contributed by atoms with Crippen LogP contribution >= 0.6 is 0 Å². The molecule has 0 aliphatic rings. The molecule has 0 aliphatic heterocycles. The van der Waals surface area contributed by atoms with Gasteiger partial charge in [0.15, 0.2) is 0 Å². The van der Waals surface area contributed by atoms with Crippen LogP contribution in [-0.4, -0.2) is 25.3 Å². The molecule has 0 atom stereocenters. The second-order valence-corrected chi connectivity index (χ2v) is 8.85. The van der Waals surface area contributed by atoms with Crippen molar-refractivity contribution in [3.63, 3.8) is 0 Å². The molecule has 1 aromatic carbocycles. The summed E-state index contributed by atoms with van der Waals surface area (Å²) in [5.74, 6) is 0.207. The molecule has 21 heavy (non-hydrogen) atoms. The summed E-state index contributed by atoms with van der Waals surface area (Å²) in [6.07, 6.45) is 1.06. The van der Waals surface area contributed by atoms with Crippen LogP contribution in [0.4, 0.5) is 0 Å². The van der Waals surface area contributed by atoms with Gasteiger partial charge < -0.3 is 4.74 Å². The third kappa shape index (κ3) is 6.96. The molecule has 0 aromatic heterocycles. The van der Waals surface area contributed by atoms with Gasteiger partial charge in [-0.3, -0.25) is 4.55 Å². The molecule has 120 valence electrons. The molecule has 0 spiro atoms. The van der Waals surface area contributed by atoms with E-state index in [2.05, 4.69) is 34.6 Å². The molecule has 5 heteroatoms. The minimum absolute atomic E-state index is 0.0520. The van der Waals surface area contributed by atoms with E-state index in [0.29, 0.717) is 5.75 Å². The summed E-state index contributed by atoms with van der Waals surface area (Å²) in [4.78, 5) is 0. The highest BCUT2D eigenvalue weighted by atomic mass is 32.2. The summed E-state index contributed by atoms with van der Waals surface area (Å²) >= 11 is 0. The summed E-state index contributed by atoms with van der Waals surface area (Å²) in [5.41, 5.74) is 1.53. The van der Waals surface area contributed by atoms with Crippen molar-refractivity contribution in [1.82, 2.24) is 0 Å².